The zero-order chi connectivity index (χ0) is 21.2. The summed E-state index contributed by atoms with van der Waals surface area (Å²) in [5.41, 5.74) is 4.07. The van der Waals surface area contributed by atoms with Gasteiger partial charge in [0.1, 0.15) is 5.75 Å². The molecule has 1 aliphatic carbocycles. The van der Waals surface area contributed by atoms with Crippen molar-refractivity contribution >= 4 is 5.91 Å². The summed E-state index contributed by atoms with van der Waals surface area (Å²) in [5, 5.41) is 0. The molecule has 3 aliphatic rings. The van der Waals surface area contributed by atoms with E-state index >= 15 is 0 Å². The average molecular weight is 420 g/mol. The molecule has 0 radical (unpaired) electrons. The number of nitrogens with zero attached hydrogens (tertiary/aromatic N) is 3. The lowest BCUT2D eigenvalue weighted by Gasteiger charge is -2.36. The van der Waals surface area contributed by atoms with E-state index in [2.05, 4.69) is 11.0 Å². The van der Waals surface area contributed by atoms with Crippen LogP contribution in [0.4, 0.5) is 0 Å². The van der Waals surface area contributed by atoms with Crippen LogP contribution in [0.3, 0.4) is 0 Å². The van der Waals surface area contributed by atoms with Crippen molar-refractivity contribution in [3.05, 3.63) is 58.9 Å². The van der Waals surface area contributed by atoms with Crippen LogP contribution >= 0.6 is 0 Å². The number of carbonyl (C=O) groups is 1. The predicted octanol–water partition coefficient (Wildman–Crippen LogP) is 4.76. The van der Waals surface area contributed by atoms with Crippen molar-refractivity contribution in [1.82, 2.24) is 14.8 Å². The van der Waals surface area contributed by atoms with Gasteiger partial charge in [-0.15, -0.1) is 0 Å². The van der Waals surface area contributed by atoms with E-state index in [4.69, 9.17) is 9.72 Å². The molecule has 2 aromatic rings. The van der Waals surface area contributed by atoms with Crippen LogP contribution in [0.15, 0.2) is 36.4 Å². The maximum atomic E-state index is 13.1. The highest BCUT2D eigenvalue weighted by atomic mass is 16.5. The van der Waals surface area contributed by atoms with E-state index in [0.29, 0.717) is 12.6 Å². The Morgan fingerprint density at radius 1 is 0.968 bits per heavy atom. The van der Waals surface area contributed by atoms with Gasteiger partial charge in [0.05, 0.1) is 30.1 Å². The Morgan fingerprint density at radius 2 is 1.77 bits per heavy atom. The zero-order valence-electron chi connectivity index (χ0n) is 18.6. The highest BCUT2D eigenvalue weighted by molar-refractivity contribution is 5.96. The Hall–Kier alpha value is -2.40. The normalized spacial score (nSPS) is 22.5. The van der Waals surface area contributed by atoms with Crippen LogP contribution in [0.25, 0.3) is 0 Å². The second-order valence-corrected chi connectivity index (χ2v) is 9.24. The molecule has 1 saturated heterocycles. The Morgan fingerprint density at radius 3 is 2.55 bits per heavy atom. The number of hydrogen-bond acceptors (Lipinski definition) is 4. The van der Waals surface area contributed by atoms with Crippen molar-refractivity contribution in [2.45, 2.75) is 70.0 Å². The summed E-state index contributed by atoms with van der Waals surface area (Å²) in [5.74, 6) is 0.941. The van der Waals surface area contributed by atoms with Crippen LogP contribution in [0.1, 0.15) is 78.3 Å². The van der Waals surface area contributed by atoms with Gasteiger partial charge in [-0.25, -0.2) is 0 Å². The van der Waals surface area contributed by atoms with Gasteiger partial charge in [-0.05, 0) is 62.1 Å². The SMILES string of the molecule is COc1ccc(CN2CCc3nc(C4CCCN4C4CCCCC4)ccc3C2=O)cc1. The molecule has 5 nitrogen and oxygen atoms in total. The van der Waals surface area contributed by atoms with Gasteiger partial charge in [0.25, 0.3) is 5.91 Å². The molecule has 0 N–H and O–H groups in total. The highest BCUT2D eigenvalue weighted by Gasteiger charge is 2.34. The van der Waals surface area contributed by atoms with E-state index in [1.54, 1.807) is 7.11 Å². The van der Waals surface area contributed by atoms with Crippen molar-refractivity contribution in [2.75, 3.05) is 20.2 Å². The summed E-state index contributed by atoms with van der Waals surface area (Å²) in [7, 11) is 1.67. The summed E-state index contributed by atoms with van der Waals surface area (Å²) < 4.78 is 5.23. The molecule has 164 valence electrons. The third kappa shape index (κ3) is 4.20. The number of amides is 1. The largest absolute Gasteiger partial charge is 0.497 e. The Bertz CT molecular complexity index is 921. The number of pyridine rings is 1. The molecule has 5 heteroatoms. The van der Waals surface area contributed by atoms with Gasteiger partial charge in [0.2, 0.25) is 0 Å². The Kier molecular flexibility index (Phi) is 5.95. The monoisotopic (exact) mass is 419 g/mol. The average Bonchev–Trinajstić information content (AvgIpc) is 3.32. The highest BCUT2D eigenvalue weighted by Crippen LogP contribution is 2.37. The van der Waals surface area contributed by atoms with E-state index < -0.39 is 0 Å². The molecule has 1 aromatic heterocycles. The van der Waals surface area contributed by atoms with Gasteiger partial charge in [0, 0.05) is 25.6 Å². The van der Waals surface area contributed by atoms with Gasteiger partial charge < -0.3 is 9.64 Å². The predicted molar refractivity (Wildman–Crippen MR) is 121 cm³/mol. The number of hydrogen-bond donors (Lipinski definition) is 0. The third-order valence-corrected chi connectivity index (χ3v) is 7.34. The second kappa shape index (κ2) is 8.99. The summed E-state index contributed by atoms with van der Waals surface area (Å²) in [6.07, 6.45) is 10.1. The fourth-order valence-corrected chi connectivity index (χ4v) is 5.66. The number of benzene rings is 1. The van der Waals surface area contributed by atoms with Crippen molar-refractivity contribution < 1.29 is 9.53 Å². The number of fused-ring (bicyclic) bond motifs is 1. The molecular formula is C26H33N3O2. The first-order valence-electron chi connectivity index (χ1n) is 11.9. The van der Waals surface area contributed by atoms with E-state index in [1.807, 2.05) is 35.2 Å². The molecule has 1 aromatic carbocycles. The fraction of sp³-hybridized carbons (Fsp3) is 0.538. The van der Waals surface area contributed by atoms with E-state index in [-0.39, 0.29) is 5.91 Å². The molecule has 2 fully saturated rings. The smallest absolute Gasteiger partial charge is 0.256 e. The molecular weight excluding hydrogens is 386 g/mol. The summed E-state index contributed by atoms with van der Waals surface area (Å²) in [6.45, 7) is 2.55. The number of ether oxygens (including phenoxy) is 1. The molecule has 2 aliphatic heterocycles. The van der Waals surface area contributed by atoms with Crippen LogP contribution in [0.5, 0.6) is 5.75 Å². The maximum Gasteiger partial charge on any atom is 0.256 e. The first-order valence-corrected chi connectivity index (χ1v) is 11.9. The number of aromatic nitrogens is 1. The van der Waals surface area contributed by atoms with Crippen LogP contribution in [-0.4, -0.2) is 46.9 Å². The molecule has 1 unspecified atom stereocenters. The molecule has 31 heavy (non-hydrogen) atoms. The second-order valence-electron chi connectivity index (χ2n) is 9.24. The lowest BCUT2D eigenvalue weighted by atomic mass is 9.93. The summed E-state index contributed by atoms with van der Waals surface area (Å²) in [4.78, 5) is 22.8. The van der Waals surface area contributed by atoms with E-state index in [9.17, 15) is 4.79 Å². The lowest BCUT2D eigenvalue weighted by Crippen LogP contribution is -2.38. The van der Waals surface area contributed by atoms with Crippen LogP contribution in [0.2, 0.25) is 0 Å². The molecule has 0 spiro atoms. The number of rotatable bonds is 5. The van der Waals surface area contributed by atoms with Gasteiger partial charge in [-0.1, -0.05) is 31.4 Å². The maximum absolute atomic E-state index is 13.1. The standard InChI is InChI=1S/C26H33N3O2/c1-31-21-11-9-19(10-12-21)18-28-17-15-23-22(26(28)30)13-14-24(27-23)25-8-5-16-29(25)20-6-3-2-4-7-20/h9-14,20,25H,2-8,15-18H2,1H3. The minimum absolute atomic E-state index is 0.103. The molecule has 3 heterocycles. The van der Waals surface area contributed by atoms with Crippen LogP contribution in [0, 0.1) is 0 Å². The van der Waals surface area contributed by atoms with Crippen LogP contribution in [-0.2, 0) is 13.0 Å². The zero-order valence-corrected chi connectivity index (χ0v) is 18.6. The van der Waals surface area contributed by atoms with Gasteiger partial charge in [0.15, 0.2) is 0 Å². The first-order chi connectivity index (χ1) is 15.2. The molecule has 5 rings (SSSR count). The minimum Gasteiger partial charge on any atom is -0.497 e. The molecule has 1 saturated carbocycles. The van der Waals surface area contributed by atoms with Crippen molar-refractivity contribution in [3.63, 3.8) is 0 Å². The lowest BCUT2D eigenvalue weighted by molar-refractivity contribution is 0.0724. The fourth-order valence-electron chi connectivity index (χ4n) is 5.66. The quantitative estimate of drug-likeness (QED) is 0.701. The van der Waals surface area contributed by atoms with Crippen LogP contribution < -0.4 is 4.74 Å². The summed E-state index contributed by atoms with van der Waals surface area (Å²) >= 11 is 0. The molecule has 0 bridgehead atoms. The number of likely N-dealkylation sites (tertiary alicyclic amines) is 1. The van der Waals surface area contributed by atoms with Gasteiger partial charge >= 0.3 is 0 Å². The molecule has 1 atom stereocenters. The Balaban J connectivity index is 1.30. The molecule has 1 amide bonds. The van der Waals surface area contributed by atoms with Crippen molar-refractivity contribution in [2.24, 2.45) is 0 Å². The Labute approximate surface area is 185 Å². The van der Waals surface area contributed by atoms with Gasteiger partial charge in [-0.3, -0.25) is 14.7 Å². The first kappa shape index (κ1) is 20.5. The number of carbonyl (C=O) groups excluding carboxylic acids is 1. The topological polar surface area (TPSA) is 45.7 Å². The van der Waals surface area contributed by atoms with E-state index in [1.165, 1.54) is 57.2 Å². The van der Waals surface area contributed by atoms with E-state index in [0.717, 1.165) is 41.6 Å². The van der Waals surface area contributed by atoms with Crippen molar-refractivity contribution in [3.8, 4) is 5.75 Å². The minimum atomic E-state index is 0.103. The third-order valence-electron chi connectivity index (χ3n) is 7.34. The number of methoxy groups -OCH3 is 1. The van der Waals surface area contributed by atoms with Crippen molar-refractivity contribution in [1.29, 1.82) is 0 Å². The summed E-state index contributed by atoms with van der Waals surface area (Å²) in [6, 6.07) is 13.3. The van der Waals surface area contributed by atoms with Gasteiger partial charge in [-0.2, -0.15) is 0 Å².